The molecule has 0 amide bonds. The number of nitriles is 2. The van der Waals surface area contributed by atoms with Gasteiger partial charge in [0.25, 0.3) is 5.91 Å². The third-order valence-corrected chi connectivity index (χ3v) is 5.97. The van der Waals surface area contributed by atoms with Crippen LogP contribution in [0, 0.1) is 33.5 Å². The molecule has 2 N–H and O–H groups in total. The normalized spacial score (nSPS) is 28.7. The highest BCUT2D eigenvalue weighted by molar-refractivity contribution is 6.00. The summed E-state index contributed by atoms with van der Waals surface area (Å²) in [6.07, 6.45) is 3.44. The standard InChI is InChI=1S/C22H28N4O3/c1-4-6-12-28-22(29-13-7-5-2)21(15-24)18(20(21,14-23)19(25)26-22)16-8-10-17(27-3)11-9-16/h8-11,18H,4-7,12-13H2,1-3H3,(H2,25,26). The summed E-state index contributed by atoms with van der Waals surface area (Å²) in [5.74, 6) is -1.26. The minimum Gasteiger partial charge on any atom is -0.497 e. The molecule has 0 aromatic heterocycles. The van der Waals surface area contributed by atoms with Crippen molar-refractivity contribution in [3.05, 3.63) is 29.8 Å². The van der Waals surface area contributed by atoms with Crippen LogP contribution in [0.4, 0.5) is 0 Å². The Hall–Kier alpha value is -2.61. The molecule has 3 atom stereocenters. The van der Waals surface area contributed by atoms with Crippen LogP contribution in [-0.2, 0) is 9.47 Å². The predicted molar refractivity (Wildman–Crippen MR) is 108 cm³/mol. The molecule has 7 nitrogen and oxygen atoms in total. The molecule has 0 bridgehead atoms. The lowest BCUT2D eigenvalue weighted by molar-refractivity contribution is -0.260. The molecule has 154 valence electrons. The van der Waals surface area contributed by atoms with E-state index in [0.29, 0.717) is 19.0 Å². The number of fused-ring (bicyclic) bond motifs is 1. The summed E-state index contributed by atoms with van der Waals surface area (Å²) in [4.78, 5) is 4.47. The average molecular weight is 396 g/mol. The fourth-order valence-corrected chi connectivity index (χ4v) is 4.36. The van der Waals surface area contributed by atoms with E-state index in [1.807, 2.05) is 24.3 Å². The lowest BCUT2D eigenvalue weighted by atomic mass is 9.93. The first-order valence-electron chi connectivity index (χ1n) is 10.1. The molecule has 1 aliphatic heterocycles. The lowest BCUT2D eigenvalue weighted by Crippen LogP contribution is -2.44. The minimum atomic E-state index is -1.57. The third-order valence-electron chi connectivity index (χ3n) is 5.97. The van der Waals surface area contributed by atoms with Gasteiger partial charge in [0.1, 0.15) is 17.0 Å². The molecule has 3 unspecified atom stereocenters. The molecule has 1 aromatic rings. The highest BCUT2D eigenvalue weighted by Crippen LogP contribution is 2.82. The summed E-state index contributed by atoms with van der Waals surface area (Å²) >= 11 is 0. The number of aliphatic imine (C=N–C) groups is 1. The van der Waals surface area contributed by atoms with Gasteiger partial charge in [-0.15, -0.1) is 0 Å². The van der Waals surface area contributed by atoms with Gasteiger partial charge in [-0.25, -0.2) is 4.99 Å². The Kier molecular flexibility index (Phi) is 5.84. The van der Waals surface area contributed by atoms with Crippen molar-refractivity contribution in [3.8, 4) is 17.9 Å². The number of amidine groups is 1. The number of unbranched alkanes of at least 4 members (excludes halogenated alkanes) is 2. The van der Waals surface area contributed by atoms with Gasteiger partial charge >= 0.3 is 0 Å². The Morgan fingerprint density at radius 1 is 1.03 bits per heavy atom. The van der Waals surface area contributed by atoms with Crippen LogP contribution in [0.2, 0.25) is 0 Å². The predicted octanol–water partition coefficient (Wildman–Crippen LogP) is 3.47. The maximum Gasteiger partial charge on any atom is 0.293 e. The van der Waals surface area contributed by atoms with E-state index in [-0.39, 0.29) is 5.84 Å². The molecule has 3 rings (SSSR count). The Morgan fingerprint density at radius 3 is 2.07 bits per heavy atom. The second-order valence-electron chi connectivity index (χ2n) is 7.53. The monoisotopic (exact) mass is 396 g/mol. The molecule has 0 saturated heterocycles. The maximum absolute atomic E-state index is 10.3. The molecular formula is C22H28N4O3. The zero-order valence-corrected chi connectivity index (χ0v) is 17.3. The van der Waals surface area contributed by atoms with Crippen LogP contribution in [0.25, 0.3) is 0 Å². The Bertz CT molecular complexity index is 844. The molecule has 0 radical (unpaired) electrons. The van der Waals surface area contributed by atoms with Gasteiger partial charge in [0.2, 0.25) is 0 Å². The number of benzene rings is 1. The van der Waals surface area contributed by atoms with Gasteiger partial charge < -0.3 is 19.9 Å². The molecule has 29 heavy (non-hydrogen) atoms. The van der Waals surface area contributed by atoms with Gasteiger partial charge in [-0.05, 0) is 30.5 Å². The van der Waals surface area contributed by atoms with Crippen LogP contribution in [-0.4, -0.2) is 32.1 Å². The average Bonchev–Trinajstić information content (AvgIpc) is 3.32. The van der Waals surface area contributed by atoms with E-state index in [1.54, 1.807) is 7.11 Å². The summed E-state index contributed by atoms with van der Waals surface area (Å²) in [6, 6.07) is 12.0. The van der Waals surface area contributed by atoms with Crippen LogP contribution in [0.3, 0.4) is 0 Å². The van der Waals surface area contributed by atoms with Gasteiger partial charge in [-0.1, -0.05) is 38.8 Å². The molecule has 0 spiro atoms. The minimum absolute atomic E-state index is 0.107. The second-order valence-corrected chi connectivity index (χ2v) is 7.53. The van der Waals surface area contributed by atoms with E-state index in [1.165, 1.54) is 0 Å². The van der Waals surface area contributed by atoms with Crippen molar-refractivity contribution in [1.82, 2.24) is 0 Å². The zero-order valence-electron chi connectivity index (χ0n) is 17.3. The zero-order chi connectivity index (χ0) is 21.1. The Labute approximate surface area is 172 Å². The SMILES string of the molecule is CCCCOC1(OCCCC)N=C(N)C2(C#N)C(c3ccc(OC)cc3)C12C#N. The highest BCUT2D eigenvalue weighted by Gasteiger charge is 2.93. The van der Waals surface area contributed by atoms with E-state index in [2.05, 4.69) is 31.0 Å². The number of hydrogen-bond donors (Lipinski definition) is 1. The van der Waals surface area contributed by atoms with Gasteiger partial charge in [0.05, 0.1) is 32.5 Å². The van der Waals surface area contributed by atoms with Gasteiger partial charge in [-0.3, -0.25) is 0 Å². The first kappa shape index (κ1) is 21.1. The van der Waals surface area contributed by atoms with Crippen LogP contribution in [0.5, 0.6) is 5.75 Å². The molecule has 1 saturated carbocycles. The summed E-state index contributed by atoms with van der Waals surface area (Å²) in [6.45, 7) is 4.85. The first-order valence-corrected chi connectivity index (χ1v) is 10.1. The van der Waals surface area contributed by atoms with Crippen LogP contribution >= 0.6 is 0 Å². The molecule has 1 aliphatic carbocycles. The van der Waals surface area contributed by atoms with E-state index in [9.17, 15) is 10.5 Å². The molecule has 1 fully saturated rings. The van der Waals surface area contributed by atoms with Crippen molar-refractivity contribution >= 4 is 5.84 Å². The van der Waals surface area contributed by atoms with E-state index in [4.69, 9.17) is 19.9 Å². The summed E-state index contributed by atoms with van der Waals surface area (Å²) < 4.78 is 17.5. The quantitative estimate of drug-likeness (QED) is 0.478. The third kappa shape index (κ3) is 2.80. The fourth-order valence-electron chi connectivity index (χ4n) is 4.36. The highest BCUT2D eigenvalue weighted by atomic mass is 16.7. The van der Waals surface area contributed by atoms with Crippen molar-refractivity contribution in [1.29, 1.82) is 10.5 Å². The van der Waals surface area contributed by atoms with Crippen molar-refractivity contribution in [2.24, 2.45) is 21.6 Å². The topological polar surface area (TPSA) is 114 Å². The van der Waals surface area contributed by atoms with E-state index < -0.39 is 22.7 Å². The van der Waals surface area contributed by atoms with Crippen LogP contribution < -0.4 is 10.5 Å². The number of hydrogen-bond acceptors (Lipinski definition) is 7. The smallest absolute Gasteiger partial charge is 0.293 e. The molecule has 2 aliphatic rings. The van der Waals surface area contributed by atoms with Gasteiger partial charge in [-0.2, -0.15) is 10.5 Å². The van der Waals surface area contributed by atoms with E-state index in [0.717, 1.165) is 31.2 Å². The molecule has 1 heterocycles. The molecular weight excluding hydrogens is 368 g/mol. The largest absolute Gasteiger partial charge is 0.497 e. The number of methoxy groups -OCH3 is 1. The fraction of sp³-hybridized carbons (Fsp3) is 0.591. The Morgan fingerprint density at radius 2 is 1.62 bits per heavy atom. The van der Waals surface area contributed by atoms with Crippen LogP contribution in [0.1, 0.15) is 51.0 Å². The number of ether oxygens (including phenoxy) is 3. The van der Waals surface area contributed by atoms with Crippen molar-refractivity contribution in [2.45, 2.75) is 51.4 Å². The molecule has 7 heteroatoms. The van der Waals surface area contributed by atoms with Gasteiger partial charge in [0.15, 0.2) is 5.41 Å². The second kappa shape index (κ2) is 8.02. The molecule has 1 aromatic carbocycles. The summed E-state index contributed by atoms with van der Waals surface area (Å²) in [7, 11) is 1.59. The summed E-state index contributed by atoms with van der Waals surface area (Å²) in [5.41, 5.74) is 4.51. The number of nitrogens with zero attached hydrogens (tertiary/aromatic N) is 3. The van der Waals surface area contributed by atoms with E-state index >= 15 is 0 Å². The van der Waals surface area contributed by atoms with Crippen LogP contribution in [0.15, 0.2) is 29.3 Å². The van der Waals surface area contributed by atoms with Crippen molar-refractivity contribution in [2.75, 3.05) is 20.3 Å². The number of rotatable bonds is 10. The van der Waals surface area contributed by atoms with Crippen molar-refractivity contribution in [3.63, 3.8) is 0 Å². The first-order chi connectivity index (χ1) is 14.0. The maximum atomic E-state index is 10.3. The Balaban J connectivity index is 2.07. The summed E-state index contributed by atoms with van der Waals surface area (Å²) in [5, 5.41) is 20.5. The van der Waals surface area contributed by atoms with Crippen molar-refractivity contribution < 1.29 is 14.2 Å². The lowest BCUT2D eigenvalue weighted by Gasteiger charge is -2.32. The number of nitrogens with two attached hydrogens (primary N) is 1. The van der Waals surface area contributed by atoms with Gasteiger partial charge in [0, 0.05) is 5.92 Å².